The molecule has 0 aromatic heterocycles. The van der Waals surface area contributed by atoms with Crippen LogP contribution < -0.4 is 11.1 Å². The molecular formula is C16H24N2O3. The van der Waals surface area contributed by atoms with Crippen LogP contribution in [0.1, 0.15) is 31.7 Å². The van der Waals surface area contributed by atoms with E-state index in [1.54, 1.807) is 0 Å². The van der Waals surface area contributed by atoms with E-state index >= 15 is 0 Å². The van der Waals surface area contributed by atoms with Gasteiger partial charge < -0.3 is 16.2 Å². The third-order valence-electron chi connectivity index (χ3n) is 3.38. The van der Waals surface area contributed by atoms with Crippen molar-refractivity contribution in [3.8, 4) is 0 Å². The lowest BCUT2D eigenvalue weighted by Crippen LogP contribution is -2.38. The number of amides is 1. The third-order valence-corrected chi connectivity index (χ3v) is 3.38. The van der Waals surface area contributed by atoms with Crippen LogP contribution in [-0.4, -0.2) is 30.1 Å². The van der Waals surface area contributed by atoms with Crippen LogP contribution in [-0.2, 0) is 9.59 Å². The minimum absolute atomic E-state index is 0.135. The van der Waals surface area contributed by atoms with E-state index in [2.05, 4.69) is 5.32 Å². The number of hydrogen-bond acceptors (Lipinski definition) is 3. The maximum Gasteiger partial charge on any atom is 0.308 e. The average molecular weight is 292 g/mol. The van der Waals surface area contributed by atoms with Gasteiger partial charge >= 0.3 is 5.97 Å². The number of carboxylic acid groups (broad SMARTS) is 1. The van der Waals surface area contributed by atoms with Crippen LogP contribution in [0.2, 0.25) is 0 Å². The second-order valence-electron chi connectivity index (χ2n) is 5.61. The van der Waals surface area contributed by atoms with Crippen LogP contribution in [0.25, 0.3) is 0 Å². The highest BCUT2D eigenvalue weighted by molar-refractivity contribution is 5.84. The first-order chi connectivity index (χ1) is 9.95. The fraction of sp³-hybridized carbons (Fsp3) is 0.500. The second kappa shape index (κ2) is 8.42. The molecule has 0 aliphatic rings. The Kier molecular flexibility index (Phi) is 6.88. The summed E-state index contributed by atoms with van der Waals surface area (Å²) in [7, 11) is 0. The number of carboxylic acids is 1. The molecule has 21 heavy (non-hydrogen) atoms. The smallest absolute Gasteiger partial charge is 0.308 e. The molecule has 0 aliphatic heterocycles. The number of nitrogens with two attached hydrogens (primary N) is 1. The standard InChI is InChI=1S/C16H24N2O3/c1-11(2)8-13(16(20)21)10-18-15(19)14(9-17)12-6-4-3-5-7-12/h3-7,11,13-14H,8-10,17H2,1-2H3,(H,18,19)(H,20,21). The maximum absolute atomic E-state index is 12.2. The fourth-order valence-corrected chi connectivity index (χ4v) is 2.27. The molecule has 2 atom stereocenters. The van der Waals surface area contributed by atoms with Crippen molar-refractivity contribution in [3.05, 3.63) is 35.9 Å². The second-order valence-corrected chi connectivity index (χ2v) is 5.61. The van der Waals surface area contributed by atoms with Crippen LogP contribution in [0.15, 0.2) is 30.3 Å². The normalized spacial score (nSPS) is 13.7. The molecule has 5 heteroatoms. The Morgan fingerprint density at radius 1 is 1.24 bits per heavy atom. The predicted octanol–water partition coefficient (Wildman–Crippen LogP) is 1.59. The van der Waals surface area contributed by atoms with E-state index in [-0.39, 0.29) is 24.9 Å². The van der Waals surface area contributed by atoms with Gasteiger partial charge in [-0.3, -0.25) is 9.59 Å². The van der Waals surface area contributed by atoms with Gasteiger partial charge in [0.05, 0.1) is 11.8 Å². The Labute approximate surface area is 125 Å². The lowest BCUT2D eigenvalue weighted by Gasteiger charge is -2.19. The number of benzene rings is 1. The highest BCUT2D eigenvalue weighted by atomic mass is 16.4. The zero-order valence-corrected chi connectivity index (χ0v) is 12.6. The molecule has 1 amide bonds. The van der Waals surface area contributed by atoms with Crippen molar-refractivity contribution >= 4 is 11.9 Å². The van der Waals surface area contributed by atoms with E-state index < -0.39 is 17.8 Å². The zero-order valence-electron chi connectivity index (χ0n) is 12.6. The Hall–Kier alpha value is -1.88. The van der Waals surface area contributed by atoms with Gasteiger partial charge in [-0.15, -0.1) is 0 Å². The van der Waals surface area contributed by atoms with Crippen LogP contribution in [0.5, 0.6) is 0 Å². The Bertz CT molecular complexity index is 460. The van der Waals surface area contributed by atoms with Gasteiger partial charge in [0.15, 0.2) is 0 Å². The van der Waals surface area contributed by atoms with Gasteiger partial charge in [-0.1, -0.05) is 44.2 Å². The molecule has 0 radical (unpaired) electrons. The first-order valence-corrected chi connectivity index (χ1v) is 7.21. The van der Waals surface area contributed by atoms with Gasteiger partial charge in [0.1, 0.15) is 0 Å². The Balaban J connectivity index is 2.64. The molecule has 0 saturated heterocycles. The molecule has 2 unspecified atom stereocenters. The van der Waals surface area contributed by atoms with Gasteiger partial charge in [0, 0.05) is 13.1 Å². The number of hydrogen-bond donors (Lipinski definition) is 3. The van der Waals surface area contributed by atoms with Crippen molar-refractivity contribution in [2.24, 2.45) is 17.6 Å². The Morgan fingerprint density at radius 2 is 1.86 bits per heavy atom. The largest absolute Gasteiger partial charge is 0.481 e. The number of aliphatic carboxylic acids is 1. The lowest BCUT2D eigenvalue weighted by atomic mass is 9.95. The van der Waals surface area contributed by atoms with E-state index in [4.69, 9.17) is 5.73 Å². The first kappa shape index (κ1) is 17.2. The van der Waals surface area contributed by atoms with Crippen molar-refractivity contribution in [3.63, 3.8) is 0 Å². The first-order valence-electron chi connectivity index (χ1n) is 7.21. The van der Waals surface area contributed by atoms with Gasteiger partial charge in [-0.05, 0) is 17.9 Å². The summed E-state index contributed by atoms with van der Waals surface area (Å²) in [4.78, 5) is 23.4. The quantitative estimate of drug-likeness (QED) is 0.678. The molecule has 1 aromatic carbocycles. The van der Waals surface area contributed by atoms with Gasteiger partial charge in [-0.25, -0.2) is 0 Å². The number of nitrogens with one attached hydrogen (secondary N) is 1. The van der Waals surface area contributed by atoms with E-state index in [0.29, 0.717) is 6.42 Å². The van der Waals surface area contributed by atoms with Crippen LogP contribution >= 0.6 is 0 Å². The number of rotatable bonds is 8. The average Bonchev–Trinajstić information content (AvgIpc) is 2.44. The van der Waals surface area contributed by atoms with Crippen molar-refractivity contribution in [1.82, 2.24) is 5.32 Å². The van der Waals surface area contributed by atoms with Crippen molar-refractivity contribution in [2.45, 2.75) is 26.2 Å². The molecule has 1 rings (SSSR count). The molecule has 0 spiro atoms. The highest BCUT2D eigenvalue weighted by Gasteiger charge is 2.23. The summed E-state index contributed by atoms with van der Waals surface area (Å²) in [5.41, 5.74) is 6.52. The maximum atomic E-state index is 12.2. The monoisotopic (exact) mass is 292 g/mol. The van der Waals surface area contributed by atoms with Gasteiger partial charge in [-0.2, -0.15) is 0 Å². The SMILES string of the molecule is CC(C)CC(CNC(=O)C(CN)c1ccccc1)C(=O)O. The van der Waals surface area contributed by atoms with Crippen molar-refractivity contribution in [2.75, 3.05) is 13.1 Å². The number of carbonyl (C=O) groups is 2. The zero-order chi connectivity index (χ0) is 15.8. The summed E-state index contributed by atoms with van der Waals surface area (Å²) in [6.07, 6.45) is 0.536. The minimum Gasteiger partial charge on any atom is -0.481 e. The molecular weight excluding hydrogens is 268 g/mol. The molecule has 0 aliphatic carbocycles. The molecule has 116 valence electrons. The van der Waals surface area contributed by atoms with Crippen LogP contribution in [0.4, 0.5) is 0 Å². The molecule has 0 bridgehead atoms. The lowest BCUT2D eigenvalue weighted by molar-refractivity contribution is -0.142. The van der Waals surface area contributed by atoms with Crippen molar-refractivity contribution in [1.29, 1.82) is 0 Å². The van der Waals surface area contributed by atoms with E-state index in [0.717, 1.165) is 5.56 Å². The summed E-state index contributed by atoms with van der Waals surface area (Å²) >= 11 is 0. The van der Waals surface area contributed by atoms with E-state index in [1.165, 1.54) is 0 Å². The summed E-state index contributed by atoms with van der Waals surface area (Å²) in [6, 6.07) is 9.27. The molecule has 1 aromatic rings. The topological polar surface area (TPSA) is 92.4 Å². The Morgan fingerprint density at radius 3 is 2.33 bits per heavy atom. The molecule has 0 fully saturated rings. The third kappa shape index (κ3) is 5.55. The summed E-state index contributed by atoms with van der Waals surface area (Å²) < 4.78 is 0. The van der Waals surface area contributed by atoms with Crippen molar-refractivity contribution < 1.29 is 14.7 Å². The number of carbonyl (C=O) groups excluding carboxylic acids is 1. The van der Waals surface area contributed by atoms with Gasteiger partial charge in [0.2, 0.25) is 5.91 Å². The highest BCUT2D eigenvalue weighted by Crippen LogP contribution is 2.15. The van der Waals surface area contributed by atoms with Crippen LogP contribution in [0.3, 0.4) is 0 Å². The van der Waals surface area contributed by atoms with Crippen LogP contribution in [0, 0.1) is 11.8 Å². The molecule has 5 nitrogen and oxygen atoms in total. The summed E-state index contributed by atoms with van der Waals surface area (Å²) in [5.74, 6) is -1.85. The fourth-order valence-electron chi connectivity index (χ4n) is 2.27. The molecule has 4 N–H and O–H groups in total. The molecule has 0 heterocycles. The summed E-state index contributed by atoms with van der Waals surface area (Å²) in [5, 5.41) is 11.9. The predicted molar refractivity (Wildman–Crippen MR) is 81.8 cm³/mol. The van der Waals surface area contributed by atoms with E-state index in [1.807, 2.05) is 44.2 Å². The van der Waals surface area contributed by atoms with E-state index in [9.17, 15) is 14.7 Å². The molecule has 0 saturated carbocycles. The summed E-state index contributed by atoms with van der Waals surface area (Å²) in [6.45, 7) is 4.25. The van der Waals surface area contributed by atoms with Gasteiger partial charge in [0.25, 0.3) is 0 Å². The minimum atomic E-state index is -0.881.